The summed E-state index contributed by atoms with van der Waals surface area (Å²) in [5.74, 6) is -0.566. The number of rotatable bonds is 16. The normalized spacial score (nSPS) is 19.2. The number of unbranched alkanes of at least 4 members (excludes halogenated alkanes) is 5. The third kappa shape index (κ3) is 10.9. The summed E-state index contributed by atoms with van der Waals surface area (Å²) in [6.45, 7) is 3.19. The number of nitrogens with zero attached hydrogens (tertiary/aromatic N) is 2. The zero-order chi connectivity index (χ0) is 34.6. The number of hydrogen-bond donors (Lipinski definition) is 0. The molecule has 9 nitrogen and oxygen atoms in total. The van der Waals surface area contributed by atoms with Gasteiger partial charge in [0.15, 0.2) is 0 Å². The first-order valence-electron chi connectivity index (χ1n) is 17.2. The maximum Gasteiger partial charge on any atom is 0.314 e. The monoisotopic (exact) mass is 702 g/mol. The minimum absolute atomic E-state index is 0.0415. The second kappa shape index (κ2) is 18.3. The lowest BCUT2D eigenvalue weighted by Gasteiger charge is -2.26. The smallest absolute Gasteiger partial charge is 0.314 e. The molecule has 1 saturated heterocycles. The van der Waals surface area contributed by atoms with E-state index >= 15 is 0 Å². The van der Waals surface area contributed by atoms with Gasteiger partial charge in [-0.15, -0.1) is 0 Å². The molecule has 1 aliphatic carbocycles. The summed E-state index contributed by atoms with van der Waals surface area (Å²) in [6, 6.07) is 14.7. The Hall–Kier alpha value is -3.77. The maximum absolute atomic E-state index is 13.1. The molecule has 0 N–H and O–H groups in total. The molecule has 2 aliphatic heterocycles. The lowest BCUT2D eigenvalue weighted by atomic mass is 9.82. The lowest BCUT2D eigenvalue weighted by Crippen LogP contribution is -2.30. The molecule has 2 aromatic carbocycles. The average Bonchev–Trinajstić information content (AvgIpc) is 3.83. The third-order valence-electron chi connectivity index (χ3n) is 9.05. The van der Waals surface area contributed by atoms with Crippen LogP contribution in [-0.4, -0.2) is 37.2 Å². The average molecular weight is 703 g/mol. The van der Waals surface area contributed by atoms with Gasteiger partial charge in [0.25, 0.3) is 0 Å². The third-order valence-corrected chi connectivity index (χ3v) is 11.8. The molecule has 0 bridgehead atoms. The molecule has 11 heteroatoms. The van der Waals surface area contributed by atoms with Crippen LogP contribution in [0.15, 0.2) is 56.0 Å². The minimum atomic E-state index is -0.343. The van der Waals surface area contributed by atoms with Gasteiger partial charge in [0.1, 0.15) is 29.2 Å². The Morgan fingerprint density at radius 2 is 1.43 bits per heavy atom. The van der Waals surface area contributed by atoms with Crippen molar-refractivity contribution in [2.24, 2.45) is 11.8 Å². The minimum Gasteiger partial charge on any atom is -0.465 e. The molecule has 0 radical (unpaired) electrons. The summed E-state index contributed by atoms with van der Waals surface area (Å²) in [7, 11) is 0. The predicted octanol–water partition coefficient (Wildman–Crippen LogP) is 8.37. The largest absolute Gasteiger partial charge is 0.465 e. The molecule has 1 unspecified atom stereocenters. The molecule has 0 aromatic heterocycles. The van der Waals surface area contributed by atoms with Crippen LogP contribution >= 0.6 is 23.5 Å². The number of ether oxygens (including phenoxy) is 4. The molecular weight excluding hydrogens is 661 g/mol. The van der Waals surface area contributed by atoms with Crippen LogP contribution in [0, 0.1) is 41.4 Å². The molecule has 5 rings (SSSR count). The summed E-state index contributed by atoms with van der Waals surface area (Å²) in [5, 5.41) is 18.6. The van der Waals surface area contributed by atoms with Gasteiger partial charge in [0.05, 0.1) is 40.3 Å². The van der Waals surface area contributed by atoms with E-state index in [2.05, 4.69) is 0 Å². The first-order chi connectivity index (χ1) is 23.8. The molecule has 1 saturated carbocycles. The van der Waals surface area contributed by atoms with E-state index in [1.54, 1.807) is 18.2 Å². The van der Waals surface area contributed by atoms with Crippen LogP contribution < -0.4 is 9.47 Å². The van der Waals surface area contributed by atoms with Gasteiger partial charge in [0, 0.05) is 17.7 Å². The summed E-state index contributed by atoms with van der Waals surface area (Å²) < 4.78 is 22.7. The van der Waals surface area contributed by atoms with Gasteiger partial charge in [0.2, 0.25) is 0 Å². The number of carbonyl (C=O) groups is 3. The molecule has 49 heavy (non-hydrogen) atoms. The molecule has 2 heterocycles. The van der Waals surface area contributed by atoms with E-state index in [0.717, 1.165) is 46.8 Å². The second-order valence-electron chi connectivity index (χ2n) is 12.7. The van der Waals surface area contributed by atoms with Crippen molar-refractivity contribution in [2.45, 2.75) is 106 Å². The molecule has 0 amide bonds. The van der Waals surface area contributed by atoms with Crippen LogP contribution in [0.3, 0.4) is 0 Å². The fourth-order valence-electron chi connectivity index (χ4n) is 5.99. The lowest BCUT2D eigenvalue weighted by molar-refractivity contribution is -0.145. The predicted molar refractivity (Wildman–Crippen MR) is 186 cm³/mol. The number of thioether (sulfide) groups is 2. The Bertz CT molecular complexity index is 1600. The second-order valence-corrected chi connectivity index (χ2v) is 15.0. The van der Waals surface area contributed by atoms with Crippen molar-refractivity contribution in [1.82, 2.24) is 0 Å². The number of aryl methyl sites for hydroxylation is 1. The number of epoxide rings is 1. The Morgan fingerprint density at radius 1 is 0.816 bits per heavy atom. The van der Waals surface area contributed by atoms with Crippen molar-refractivity contribution < 1.29 is 33.3 Å². The molecule has 1 atom stereocenters. The van der Waals surface area contributed by atoms with Crippen molar-refractivity contribution in [3.05, 3.63) is 57.3 Å². The number of benzene rings is 2. The number of esters is 3. The molecule has 2 aromatic rings. The summed E-state index contributed by atoms with van der Waals surface area (Å²) in [5.41, 5.74) is 2.01. The highest BCUT2D eigenvalue weighted by molar-refractivity contribution is 8.24. The van der Waals surface area contributed by atoms with Crippen LogP contribution in [0.2, 0.25) is 0 Å². The van der Waals surface area contributed by atoms with Gasteiger partial charge < -0.3 is 18.9 Å². The number of allylic oxidation sites excluding steroid dienone is 1. The highest BCUT2D eigenvalue weighted by Crippen LogP contribution is 2.56. The van der Waals surface area contributed by atoms with Gasteiger partial charge in [-0.1, -0.05) is 73.8 Å². The quantitative estimate of drug-likeness (QED) is 0.0548. The highest BCUT2D eigenvalue weighted by atomic mass is 32.2. The van der Waals surface area contributed by atoms with Crippen LogP contribution in [0.5, 0.6) is 11.5 Å². The number of fused-ring (bicyclic) bond motifs is 1. The Kier molecular flexibility index (Phi) is 13.6. The van der Waals surface area contributed by atoms with Crippen LogP contribution in [-0.2, 0) is 30.3 Å². The van der Waals surface area contributed by atoms with E-state index in [0.29, 0.717) is 67.0 Å². The van der Waals surface area contributed by atoms with Crippen molar-refractivity contribution >= 4 is 41.4 Å². The molecule has 258 valence electrons. The van der Waals surface area contributed by atoms with E-state index in [9.17, 15) is 24.9 Å². The number of carbonyl (C=O) groups excluding carboxylic acids is 3. The van der Waals surface area contributed by atoms with E-state index < -0.39 is 0 Å². The van der Waals surface area contributed by atoms with Crippen molar-refractivity contribution in [1.29, 1.82) is 10.5 Å². The van der Waals surface area contributed by atoms with Crippen LogP contribution in [0.1, 0.15) is 88.2 Å². The molecule has 3 aliphatic rings. The van der Waals surface area contributed by atoms with Crippen molar-refractivity contribution in [2.75, 3.05) is 13.2 Å². The number of hydrogen-bond acceptors (Lipinski definition) is 11. The topological polar surface area (TPSA) is 139 Å². The van der Waals surface area contributed by atoms with Crippen LogP contribution in [0.4, 0.5) is 0 Å². The van der Waals surface area contributed by atoms with Crippen molar-refractivity contribution in [3.8, 4) is 23.6 Å². The van der Waals surface area contributed by atoms with E-state index in [-0.39, 0.29) is 35.3 Å². The fraction of sp³-hybridized carbons (Fsp3) is 0.500. The first kappa shape index (κ1) is 36.5. The standard InChI is InChI=1S/C38H42N2O7S2/c1-25-10-19-32(35-34(25)48-38(49-35)29(22-39)23-40)47-37(43)28-15-13-27(14-16-28)36(42)46-30-17-11-26(12-18-30)20-21-44-33(41)9-7-5-3-2-4-6-8-31-24-45-31/h10-12,17-19,27-28,31H,2-9,13-16,20-21,24H2,1H3. The Morgan fingerprint density at radius 3 is 2.08 bits per heavy atom. The molecular formula is C38H42N2O7S2. The van der Waals surface area contributed by atoms with E-state index in [4.69, 9.17) is 18.9 Å². The van der Waals surface area contributed by atoms with Gasteiger partial charge >= 0.3 is 17.9 Å². The zero-order valence-electron chi connectivity index (χ0n) is 27.9. The highest BCUT2D eigenvalue weighted by Gasteiger charge is 2.34. The van der Waals surface area contributed by atoms with Gasteiger partial charge in [-0.3, -0.25) is 14.4 Å². The van der Waals surface area contributed by atoms with Crippen LogP contribution in [0.25, 0.3) is 0 Å². The summed E-state index contributed by atoms with van der Waals surface area (Å²) in [4.78, 5) is 39.7. The SMILES string of the molecule is Cc1ccc(OC(=O)C2CCC(C(=O)Oc3ccc(CCOC(=O)CCCCCCCCC4CO4)cc3)CC2)c2c1SC(=C(C#N)C#N)S2. The summed E-state index contributed by atoms with van der Waals surface area (Å²) in [6.07, 6.45) is 11.6. The number of nitriles is 2. The maximum atomic E-state index is 13.1. The first-order valence-corrected chi connectivity index (χ1v) is 18.8. The fourth-order valence-corrected chi connectivity index (χ4v) is 8.55. The van der Waals surface area contributed by atoms with Crippen molar-refractivity contribution in [3.63, 3.8) is 0 Å². The van der Waals surface area contributed by atoms with Gasteiger partial charge in [-0.25, -0.2) is 0 Å². The van der Waals surface area contributed by atoms with Gasteiger partial charge in [-0.2, -0.15) is 10.5 Å². The molecule has 0 spiro atoms. The molecule has 2 fully saturated rings. The van der Waals surface area contributed by atoms with E-state index in [1.807, 2.05) is 37.3 Å². The van der Waals surface area contributed by atoms with Gasteiger partial charge in [-0.05, 0) is 74.8 Å². The Labute approximate surface area is 296 Å². The zero-order valence-corrected chi connectivity index (χ0v) is 29.5. The summed E-state index contributed by atoms with van der Waals surface area (Å²) >= 11 is 2.62. The van der Waals surface area contributed by atoms with E-state index in [1.165, 1.54) is 49.2 Å². The Balaban J connectivity index is 0.972.